The molecule has 4 nitrogen and oxygen atoms in total. The molecule has 1 heterocycles. The van der Waals surface area contributed by atoms with Crippen molar-refractivity contribution in [3.63, 3.8) is 0 Å². The van der Waals surface area contributed by atoms with Crippen LogP contribution >= 0.6 is 11.3 Å². The number of aromatic nitrogens is 1. The van der Waals surface area contributed by atoms with Crippen LogP contribution in [0.1, 0.15) is 22.9 Å². The summed E-state index contributed by atoms with van der Waals surface area (Å²) in [6.45, 7) is 0. The highest BCUT2D eigenvalue weighted by molar-refractivity contribution is 7.13. The predicted molar refractivity (Wildman–Crippen MR) is 98.3 cm³/mol. The molecule has 0 spiro atoms. The van der Waals surface area contributed by atoms with E-state index in [0.717, 1.165) is 27.4 Å². The highest BCUT2D eigenvalue weighted by Crippen LogP contribution is 2.31. The van der Waals surface area contributed by atoms with Gasteiger partial charge in [0.2, 0.25) is 5.91 Å². The summed E-state index contributed by atoms with van der Waals surface area (Å²) in [5.41, 5.74) is 3.91. The molecule has 1 aliphatic rings. The molecule has 1 aliphatic carbocycles. The number of hydrogen-bond donors (Lipinski definition) is 2. The lowest BCUT2D eigenvalue weighted by molar-refractivity contribution is -0.122. The molecule has 25 heavy (non-hydrogen) atoms. The molecule has 2 aromatic carbocycles. The molecule has 1 amide bonds. The van der Waals surface area contributed by atoms with E-state index < -0.39 is 6.10 Å². The molecule has 0 saturated carbocycles. The Morgan fingerprint density at radius 2 is 1.92 bits per heavy atom. The summed E-state index contributed by atoms with van der Waals surface area (Å²) >= 11 is 1.54. The SMILES string of the molecule is O=C(Cc1csc(-c2ccccc2)n1)N[C@H]1c2ccccc2C[C@H]1O. The van der Waals surface area contributed by atoms with Crippen molar-refractivity contribution >= 4 is 17.2 Å². The lowest BCUT2D eigenvalue weighted by Crippen LogP contribution is -2.34. The number of amides is 1. The summed E-state index contributed by atoms with van der Waals surface area (Å²) in [4.78, 5) is 17.0. The van der Waals surface area contributed by atoms with Gasteiger partial charge in [0.05, 0.1) is 24.3 Å². The number of benzene rings is 2. The lowest BCUT2D eigenvalue weighted by atomic mass is 10.1. The minimum atomic E-state index is -0.573. The Kier molecular flexibility index (Phi) is 4.34. The Morgan fingerprint density at radius 3 is 2.76 bits per heavy atom. The van der Waals surface area contributed by atoms with Crippen molar-refractivity contribution in [3.05, 3.63) is 76.8 Å². The molecular weight excluding hydrogens is 332 g/mol. The maximum absolute atomic E-state index is 12.4. The fourth-order valence-electron chi connectivity index (χ4n) is 3.24. The predicted octanol–water partition coefficient (Wildman–Crippen LogP) is 3.13. The Hall–Kier alpha value is -2.50. The van der Waals surface area contributed by atoms with E-state index in [-0.39, 0.29) is 18.4 Å². The van der Waals surface area contributed by atoms with Gasteiger partial charge >= 0.3 is 0 Å². The number of hydrogen-bond acceptors (Lipinski definition) is 4. The molecule has 4 rings (SSSR count). The van der Waals surface area contributed by atoms with Crippen molar-refractivity contribution in [3.8, 4) is 10.6 Å². The van der Waals surface area contributed by atoms with Gasteiger partial charge in [0.25, 0.3) is 0 Å². The molecule has 0 aliphatic heterocycles. The average molecular weight is 350 g/mol. The van der Waals surface area contributed by atoms with Crippen molar-refractivity contribution in [1.29, 1.82) is 0 Å². The minimum absolute atomic E-state index is 0.120. The maximum atomic E-state index is 12.4. The van der Waals surface area contributed by atoms with Gasteiger partial charge in [0, 0.05) is 17.4 Å². The molecular formula is C20H18N2O2S. The largest absolute Gasteiger partial charge is 0.390 e. The highest BCUT2D eigenvalue weighted by Gasteiger charge is 2.31. The van der Waals surface area contributed by atoms with Crippen LogP contribution in [0.25, 0.3) is 10.6 Å². The second kappa shape index (κ2) is 6.78. The van der Waals surface area contributed by atoms with E-state index in [1.54, 1.807) is 0 Å². The van der Waals surface area contributed by atoms with Crippen LogP contribution in [0.2, 0.25) is 0 Å². The second-order valence-electron chi connectivity index (χ2n) is 6.20. The summed E-state index contributed by atoms with van der Waals surface area (Å²) in [7, 11) is 0. The smallest absolute Gasteiger partial charge is 0.226 e. The summed E-state index contributed by atoms with van der Waals surface area (Å²) in [6.07, 6.45) is 0.224. The summed E-state index contributed by atoms with van der Waals surface area (Å²) in [5.74, 6) is -0.120. The molecule has 0 saturated heterocycles. The van der Waals surface area contributed by atoms with Gasteiger partial charge in [0.15, 0.2) is 0 Å². The second-order valence-corrected chi connectivity index (χ2v) is 7.06. The quantitative estimate of drug-likeness (QED) is 0.760. The summed E-state index contributed by atoms with van der Waals surface area (Å²) in [6, 6.07) is 17.4. The topological polar surface area (TPSA) is 62.2 Å². The van der Waals surface area contributed by atoms with Gasteiger partial charge in [-0.1, -0.05) is 54.6 Å². The number of carbonyl (C=O) groups excluding carboxylic acids is 1. The maximum Gasteiger partial charge on any atom is 0.226 e. The molecule has 1 aromatic heterocycles. The molecule has 0 unspecified atom stereocenters. The number of nitrogens with one attached hydrogen (secondary N) is 1. The first-order chi connectivity index (χ1) is 12.2. The third kappa shape index (κ3) is 3.34. The first-order valence-electron chi connectivity index (χ1n) is 8.26. The van der Waals surface area contributed by atoms with Gasteiger partial charge in [-0.05, 0) is 11.1 Å². The molecule has 5 heteroatoms. The van der Waals surface area contributed by atoms with Crippen molar-refractivity contribution in [2.75, 3.05) is 0 Å². The third-order valence-electron chi connectivity index (χ3n) is 4.43. The zero-order valence-electron chi connectivity index (χ0n) is 13.6. The van der Waals surface area contributed by atoms with Gasteiger partial charge in [-0.3, -0.25) is 4.79 Å². The molecule has 0 bridgehead atoms. The van der Waals surface area contributed by atoms with Crippen LogP contribution in [-0.4, -0.2) is 22.1 Å². The van der Waals surface area contributed by atoms with Gasteiger partial charge in [-0.25, -0.2) is 4.98 Å². The first kappa shape index (κ1) is 16.0. The third-order valence-corrected chi connectivity index (χ3v) is 5.37. The molecule has 2 N–H and O–H groups in total. The fourth-order valence-corrected chi connectivity index (χ4v) is 4.06. The number of fused-ring (bicyclic) bond motifs is 1. The van der Waals surface area contributed by atoms with Crippen LogP contribution in [0.4, 0.5) is 0 Å². The number of aliphatic hydroxyl groups is 1. The van der Waals surface area contributed by atoms with Crippen LogP contribution < -0.4 is 5.32 Å². The van der Waals surface area contributed by atoms with Gasteiger partial charge in [0.1, 0.15) is 5.01 Å². The molecule has 3 aromatic rings. The number of aliphatic hydroxyl groups excluding tert-OH is 1. The van der Waals surface area contributed by atoms with E-state index in [2.05, 4.69) is 10.3 Å². The summed E-state index contributed by atoms with van der Waals surface area (Å²) < 4.78 is 0. The van der Waals surface area contributed by atoms with E-state index >= 15 is 0 Å². The van der Waals surface area contributed by atoms with Crippen molar-refractivity contribution in [1.82, 2.24) is 10.3 Å². The minimum Gasteiger partial charge on any atom is -0.390 e. The van der Waals surface area contributed by atoms with Crippen LogP contribution in [0, 0.1) is 0 Å². The molecule has 126 valence electrons. The monoisotopic (exact) mass is 350 g/mol. The molecule has 0 fully saturated rings. The average Bonchev–Trinajstić information content (AvgIpc) is 3.21. The normalized spacial score (nSPS) is 18.8. The van der Waals surface area contributed by atoms with E-state index in [1.165, 1.54) is 11.3 Å². The van der Waals surface area contributed by atoms with Crippen molar-refractivity contribution in [2.45, 2.75) is 25.0 Å². The van der Waals surface area contributed by atoms with Crippen molar-refractivity contribution in [2.24, 2.45) is 0 Å². The fraction of sp³-hybridized carbons (Fsp3) is 0.200. The first-order valence-corrected chi connectivity index (χ1v) is 9.14. The Morgan fingerprint density at radius 1 is 1.16 bits per heavy atom. The van der Waals surface area contributed by atoms with Crippen LogP contribution in [0.15, 0.2) is 60.0 Å². The van der Waals surface area contributed by atoms with Crippen LogP contribution in [0.5, 0.6) is 0 Å². The Labute approximate surface area is 150 Å². The summed E-state index contributed by atoms with van der Waals surface area (Å²) in [5, 5.41) is 16.0. The van der Waals surface area contributed by atoms with Crippen LogP contribution in [0.3, 0.4) is 0 Å². The van der Waals surface area contributed by atoms with Gasteiger partial charge in [-0.2, -0.15) is 0 Å². The van der Waals surface area contributed by atoms with Gasteiger partial charge < -0.3 is 10.4 Å². The lowest BCUT2D eigenvalue weighted by Gasteiger charge is -2.17. The molecule has 2 atom stereocenters. The van der Waals surface area contributed by atoms with Gasteiger partial charge in [-0.15, -0.1) is 11.3 Å². The van der Waals surface area contributed by atoms with E-state index in [4.69, 9.17) is 0 Å². The van der Waals surface area contributed by atoms with Crippen LogP contribution in [-0.2, 0) is 17.6 Å². The number of thiazole rings is 1. The standard InChI is InChI=1S/C20H18N2O2S/c23-17-10-14-8-4-5-9-16(14)19(17)22-18(24)11-15-12-25-20(21-15)13-6-2-1-3-7-13/h1-9,12,17,19,23H,10-11H2,(H,22,24)/t17-,19+/m1/s1. The zero-order valence-corrected chi connectivity index (χ0v) is 14.4. The van der Waals surface area contributed by atoms with E-state index in [9.17, 15) is 9.90 Å². The Bertz CT molecular complexity index is 891. The van der Waals surface area contributed by atoms with Crippen molar-refractivity contribution < 1.29 is 9.90 Å². The zero-order chi connectivity index (χ0) is 17.2. The van der Waals surface area contributed by atoms with E-state index in [1.807, 2.05) is 60.0 Å². The highest BCUT2D eigenvalue weighted by atomic mass is 32.1. The number of nitrogens with zero attached hydrogens (tertiary/aromatic N) is 1. The Balaban J connectivity index is 1.44. The molecule has 0 radical (unpaired) electrons. The van der Waals surface area contributed by atoms with E-state index in [0.29, 0.717) is 6.42 Å². The number of carbonyl (C=O) groups is 1. The number of rotatable bonds is 4.